The highest BCUT2D eigenvalue weighted by Gasteiger charge is 2.10. The van der Waals surface area contributed by atoms with Crippen molar-refractivity contribution in [1.82, 2.24) is 0 Å². The maximum atomic E-state index is 2.42. The van der Waals surface area contributed by atoms with Gasteiger partial charge in [-0.2, -0.15) is 0 Å². The molecule has 0 spiro atoms. The summed E-state index contributed by atoms with van der Waals surface area (Å²) in [6, 6.07) is 0. The minimum Gasteiger partial charge on any atom is -0.0885 e. The highest BCUT2D eigenvalue weighted by atomic mass is 14.2. The SMILES string of the molecule is CCCCCCCC/C=C\CCCCCCC(CC)[C](C)C. The first-order valence-corrected chi connectivity index (χ1v) is 10.2. The van der Waals surface area contributed by atoms with E-state index in [2.05, 4.69) is 39.8 Å². The smallest absolute Gasteiger partial charge is 0.0272 e. The molecule has 0 aliphatic carbocycles. The zero-order chi connectivity index (χ0) is 16.5. The molecule has 0 rings (SSSR count). The van der Waals surface area contributed by atoms with Crippen LogP contribution in [0.4, 0.5) is 0 Å². The van der Waals surface area contributed by atoms with Crippen LogP contribution < -0.4 is 0 Å². The van der Waals surface area contributed by atoms with E-state index in [1.54, 1.807) is 5.92 Å². The van der Waals surface area contributed by atoms with Crippen LogP contribution in [0.15, 0.2) is 12.2 Å². The monoisotopic (exact) mass is 307 g/mol. The van der Waals surface area contributed by atoms with Crippen molar-refractivity contribution >= 4 is 0 Å². The Morgan fingerprint density at radius 3 is 1.68 bits per heavy atom. The van der Waals surface area contributed by atoms with Crippen molar-refractivity contribution in [2.24, 2.45) is 5.92 Å². The summed E-state index contributed by atoms with van der Waals surface area (Å²) in [5.74, 6) is 2.50. The molecule has 0 aromatic carbocycles. The second-order valence-corrected chi connectivity index (χ2v) is 7.20. The van der Waals surface area contributed by atoms with Crippen molar-refractivity contribution < 1.29 is 0 Å². The van der Waals surface area contributed by atoms with E-state index in [0.717, 1.165) is 5.92 Å². The van der Waals surface area contributed by atoms with Crippen molar-refractivity contribution in [2.45, 2.75) is 118 Å². The molecule has 0 heterocycles. The standard InChI is InChI=1S/C22H43/c1-5-7-8-9-10-11-12-13-14-15-16-17-18-19-20-22(6-2)21(3)4/h13-14,22H,5-12,15-20H2,1-4H3/b14-13-. The predicted molar refractivity (Wildman–Crippen MR) is 103 cm³/mol. The third-order valence-corrected chi connectivity index (χ3v) is 4.87. The van der Waals surface area contributed by atoms with Gasteiger partial charge in [-0.15, -0.1) is 0 Å². The van der Waals surface area contributed by atoms with Gasteiger partial charge < -0.3 is 0 Å². The summed E-state index contributed by atoms with van der Waals surface area (Å²) in [7, 11) is 0. The summed E-state index contributed by atoms with van der Waals surface area (Å²) in [6.07, 6.45) is 24.3. The molecule has 1 radical (unpaired) electrons. The first-order valence-electron chi connectivity index (χ1n) is 10.2. The van der Waals surface area contributed by atoms with Crippen LogP contribution in [0.1, 0.15) is 118 Å². The van der Waals surface area contributed by atoms with Crippen molar-refractivity contribution in [3.8, 4) is 0 Å². The summed E-state index contributed by atoms with van der Waals surface area (Å²) < 4.78 is 0. The molecule has 0 aliphatic rings. The lowest BCUT2D eigenvalue weighted by molar-refractivity contribution is 0.456. The molecule has 131 valence electrons. The molecule has 0 saturated heterocycles. The Morgan fingerprint density at radius 1 is 0.682 bits per heavy atom. The number of allylic oxidation sites excluding steroid dienone is 2. The summed E-state index contributed by atoms with van der Waals surface area (Å²) in [4.78, 5) is 0. The molecule has 0 nitrogen and oxygen atoms in total. The van der Waals surface area contributed by atoms with Crippen LogP contribution in [0.3, 0.4) is 0 Å². The molecule has 0 heteroatoms. The first kappa shape index (κ1) is 21.7. The summed E-state index contributed by atoms with van der Waals surface area (Å²) in [5, 5.41) is 0. The summed E-state index contributed by atoms with van der Waals surface area (Å²) in [5.41, 5.74) is 0. The van der Waals surface area contributed by atoms with E-state index in [0.29, 0.717) is 0 Å². The fraction of sp³-hybridized carbons (Fsp3) is 0.864. The molecule has 1 unspecified atom stereocenters. The van der Waals surface area contributed by atoms with E-state index in [1.807, 2.05) is 0 Å². The largest absolute Gasteiger partial charge is 0.0885 e. The van der Waals surface area contributed by atoms with E-state index in [-0.39, 0.29) is 0 Å². The van der Waals surface area contributed by atoms with Gasteiger partial charge in [0.25, 0.3) is 0 Å². The van der Waals surface area contributed by atoms with E-state index in [4.69, 9.17) is 0 Å². The van der Waals surface area contributed by atoms with Crippen molar-refractivity contribution in [1.29, 1.82) is 0 Å². The Hall–Kier alpha value is -0.260. The van der Waals surface area contributed by atoms with Crippen molar-refractivity contribution in [3.63, 3.8) is 0 Å². The van der Waals surface area contributed by atoms with Crippen LogP contribution in [-0.4, -0.2) is 0 Å². The van der Waals surface area contributed by atoms with Gasteiger partial charge in [0, 0.05) is 0 Å². The predicted octanol–water partition coefficient (Wildman–Crippen LogP) is 8.27. The minimum absolute atomic E-state index is 0.872. The Kier molecular flexibility index (Phi) is 16.9. The lowest BCUT2D eigenvalue weighted by Crippen LogP contribution is -2.05. The van der Waals surface area contributed by atoms with E-state index in [9.17, 15) is 0 Å². The number of hydrogen-bond acceptors (Lipinski definition) is 0. The van der Waals surface area contributed by atoms with Crippen LogP contribution in [0.25, 0.3) is 0 Å². The molecule has 0 aliphatic heterocycles. The highest BCUT2D eigenvalue weighted by Crippen LogP contribution is 2.23. The van der Waals surface area contributed by atoms with Crippen molar-refractivity contribution in [2.75, 3.05) is 0 Å². The zero-order valence-corrected chi connectivity index (χ0v) is 16.1. The van der Waals surface area contributed by atoms with Gasteiger partial charge in [-0.3, -0.25) is 0 Å². The molecule has 0 amide bonds. The third kappa shape index (κ3) is 14.7. The van der Waals surface area contributed by atoms with Crippen LogP contribution in [-0.2, 0) is 0 Å². The summed E-state index contributed by atoms with van der Waals surface area (Å²) >= 11 is 0. The van der Waals surface area contributed by atoms with Gasteiger partial charge in [-0.1, -0.05) is 97.6 Å². The average molecular weight is 308 g/mol. The minimum atomic E-state index is 0.872. The van der Waals surface area contributed by atoms with E-state index >= 15 is 0 Å². The van der Waals surface area contributed by atoms with Crippen LogP contribution in [0.5, 0.6) is 0 Å². The molecule has 0 bridgehead atoms. The molecule has 0 aromatic rings. The Labute approximate surface area is 142 Å². The van der Waals surface area contributed by atoms with Gasteiger partial charge >= 0.3 is 0 Å². The maximum Gasteiger partial charge on any atom is -0.0272 e. The van der Waals surface area contributed by atoms with Gasteiger partial charge in [0.15, 0.2) is 0 Å². The van der Waals surface area contributed by atoms with Gasteiger partial charge in [0.1, 0.15) is 0 Å². The molecule has 1 atom stereocenters. The average Bonchev–Trinajstić information content (AvgIpc) is 2.51. The highest BCUT2D eigenvalue weighted by molar-refractivity contribution is 4.85. The first-order chi connectivity index (χ1) is 10.7. The second-order valence-electron chi connectivity index (χ2n) is 7.20. The number of hydrogen-bond donors (Lipinski definition) is 0. The van der Waals surface area contributed by atoms with E-state index in [1.165, 1.54) is 89.9 Å². The van der Waals surface area contributed by atoms with Crippen molar-refractivity contribution in [3.05, 3.63) is 18.1 Å². The second kappa shape index (κ2) is 17.1. The Bertz CT molecular complexity index is 226. The molecule has 0 fully saturated rings. The quantitative estimate of drug-likeness (QED) is 0.199. The molecular formula is C22H43. The lowest BCUT2D eigenvalue weighted by Gasteiger charge is -2.17. The van der Waals surface area contributed by atoms with Crippen LogP contribution >= 0.6 is 0 Å². The summed E-state index contributed by atoms with van der Waals surface area (Å²) in [6.45, 7) is 9.20. The fourth-order valence-corrected chi connectivity index (χ4v) is 3.19. The molecular weight excluding hydrogens is 264 g/mol. The number of rotatable bonds is 16. The molecule has 22 heavy (non-hydrogen) atoms. The zero-order valence-electron chi connectivity index (χ0n) is 16.1. The third-order valence-electron chi connectivity index (χ3n) is 4.87. The maximum absolute atomic E-state index is 2.42. The number of unbranched alkanes of at least 4 members (excludes halogenated alkanes) is 10. The topological polar surface area (TPSA) is 0 Å². The van der Waals surface area contributed by atoms with E-state index < -0.39 is 0 Å². The fourth-order valence-electron chi connectivity index (χ4n) is 3.19. The van der Waals surface area contributed by atoms with Gasteiger partial charge in [0.2, 0.25) is 0 Å². The lowest BCUT2D eigenvalue weighted by atomic mass is 9.88. The van der Waals surface area contributed by atoms with Gasteiger partial charge in [-0.05, 0) is 43.9 Å². The van der Waals surface area contributed by atoms with Crippen LogP contribution in [0, 0.1) is 11.8 Å². The Morgan fingerprint density at radius 2 is 1.18 bits per heavy atom. The molecule has 0 saturated carbocycles. The normalized spacial score (nSPS) is 13.3. The van der Waals surface area contributed by atoms with Gasteiger partial charge in [0.05, 0.1) is 0 Å². The van der Waals surface area contributed by atoms with Gasteiger partial charge in [-0.25, -0.2) is 0 Å². The van der Waals surface area contributed by atoms with Crippen LogP contribution in [0.2, 0.25) is 0 Å². The Balaban J connectivity index is 3.23. The molecule has 0 N–H and O–H groups in total. The molecule has 0 aromatic heterocycles.